The molecule has 0 radical (unpaired) electrons. The monoisotopic (exact) mass is 343 g/mol. The van der Waals surface area contributed by atoms with E-state index in [9.17, 15) is 14.7 Å². The molecule has 2 rings (SSSR count). The molecule has 0 aromatic heterocycles. The van der Waals surface area contributed by atoms with Gasteiger partial charge in [-0.25, -0.2) is 9.59 Å². The summed E-state index contributed by atoms with van der Waals surface area (Å²) in [5, 5.41) is 9.89. The lowest BCUT2D eigenvalue weighted by atomic mass is 10.2. The van der Waals surface area contributed by atoms with Crippen molar-refractivity contribution in [2.75, 3.05) is 11.9 Å². The number of aryl methyl sites for hydroxylation is 1. The maximum Gasteiger partial charge on any atom is 0.348 e. The quantitative estimate of drug-likeness (QED) is 0.298. The van der Waals surface area contributed by atoms with Crippen molar-refractivity contribution < 1.29 is 24.2 Å². The highest BCUT2D eigenvalue weighted by atomic mass is 16.7. The number of aliphatic hydroxyl groups excluding tert-OH is 1. The normalized spacial score (nSPS) is 17.3. The van der Waals surface area contributed by atoms with Gasteiger partial charge in [0.25, 0.3) is 5.79 Å². The van der Waals surface area contributed by atoms with Crippen molar-refractivity contribution in [3.05, 3.63) is 65.6 Å². The second-order valence-corrected chi connectivity index (χ2v) is 6.12. The van der Waals surface area contributed by atoms with Gasteiger partial charge in [0, 0.05) is 38.9 Å². The number of hydrogen-bond donors (Lipinski definition) is 1. The minimum Gasteiger partial charge on any atom is -0.508 e. The second kappa shape index (κ2) is 7.25. The van der Waals surface area contributed by atoms with Gasteiger partial charge in [-0.05, 0) is 31.2 Å². The molecule has 0 saturated carbocycles. The summed E-state index contributed by atoms with van der Waals surface area (Å²) >= 11 is 0. The third-order valence-corrected chi connectivity index (χ3v) is 3.43. The zero-order chi connectivity index (χ0) is 18.6. The number of anilines is 1. The van der Waals surface area contributed by atoms with Crippen LogP contribution < -0.4 is 4.90 Å². The molecule has 1 fully saturated rings. The molecule has 1 aliphatic heterocycles. The maximum atomic E-state index is 11.8. The minimum absolute atomic E-state index is 0.267. The van der Waals surface area contributed by atoms with Crippen LogP contribution in [0.1, 0.15) is 19.4 Å². The summed E-state index contributed by atoms with van der Waals surface area (Å²) < 4.78 is 9.91. The van der Waals surface area contributed by atoms with Crippen molar-refractivity contribution in [1.29, 1.82) is 0 Å². The van der Waals surface area contributed by atoms with E-state index in [1.54, 1.807) is 12.3 Å². The van der Waals surface area contributed by atoms with E-state index in [1.807, 2.05) is 43.1 Å². The van der Waals surface area contributed by atoms with E-state index >= 15 is 0 Å². The number of aliphatic hydroxyl groups is 1. The predicted molar refractivity (Wildman–Crippen MR) is 93.8 cm³/mol. The number of esters is 2. The van der Waals surface area contributed by atoms with Gasteiger partial charge >= 0.3 is 11.9 Å². The van der Waals surface area contributed by atoms with Gasteiger partial charge in [-0.3, -0.25) is 0 Å². The van der Waals surface area contributed by atoms with Crippen LogP contribution in [0.15, 0.2) is 60.0 Å². The third-order valence-electron chi connectivity index (χ3n) is 3.43. The third kappa shape index (κ3) is 4.97. The predicted octanol–water partition coefficient (Wildman–Crippen LogP) is 3.15. The molecule has 1 N–H and O–H groups in total. The fraction of sp³-hybridized carbons (Fsp3) is 0.263. The topological polar surface area (TPSA) is 76.1 Å². The molecule has 6 nitrogen and oxygen atoms in total. The highest BCUT2D eigenvalue weighted by molar-refractivity contribution is 6.15. The lowest BCUT2D eigenvalue weighted by Crippen LogP contribution is -2.41. The number of allylic oxidation sites excluding steroid dienone is 3. The first-order valence-electron chi connectivity index (χ1n) is 7.73. The molecule has 0 unspecified atom stereocenters. The smallest absolute Gasteiger partial charge is 0.348 e. The van der Waals surface area contributed by atoms with Gasteiger partial charge in [0.1, 0.15) is 11.3 Å². The SMILES string of the molecule is Cc1ccc(N(C)/C=C/C=C(\O)C=C2C(=O)OC(C)(C)OC2=O)cc1. The molecule has 1 aromatic carbocycles. The van der Waals surface area contributed by atoms with Crippen molar-refractivity contribution in [3.63, 3.8) is 0 Å². The molecule has 1 saturated heterocycles. The fourth-order valence-corrected chi connectivity index (χ4v) is 2.11. The van der Waals surface area contributed by atoms with Gasteiger partial charge in [0.2, 0.25) is 0 Å². The number of hydrogen-bond acceptors (Lipinski definition) is 6. The number of carbonyl (C=O) groups excluding carboxylic acids is 2. The van der Waals surface area contributed by atoms with Crippen molar-refractivity contribution in [3.8, 4) is 0 Å². The number of nitrogens with zero attached hydrogens (tertiary/aromatic N) is 1. The molecule has 0 bridgehead atoms. The average molecular weight is 343 g/mol. The molecule has 0 spiro atoms. The van der Waals surface area contributed by atoms with Crippen LogP contribution in [0.2, 0.25) is 0 Å². The molecule has 0 aliphatic carbocycles. The Hall–Kier alpha value is -3.02. The van der Waals surface area contributed by atoms with Gasteiger partial charge in [-0.15, -0.1) is 0 Å². The summed E-state index contributed by atoms with van der Waals surface area (Å²) in [5.41, 5.74) is 1.79. The summed E-state index contributed by atoms with van der Waals surface area (Å²) in [7, 11) is 1.86. The molecule has 1 heterocycles. The van der Waals surface area contributed by atoms with Crippen molar-refractivity contribution in [2.45, 2.75) is 26.6 Å². The summed E-state index contributed by atoms with van der Waals surface area (Å²) in [6.45, 7) is 4.92. The Kier molecular flexibility index (Phi) is 5.32. The first-order valence-corrected chi connectivity index (χ1v) is 7.73. The van der Waals surface area contributed by atoms with Crippen LogP contribution in [0, 0.1) is 6.92 Å². The summed E-state index contributed by atoms with van der Waals surface area (Å²) in [5.74, 6) is -3.23. The molecular weight excluding hydrogens is 322 g/mol. The molecule has 0 atom stereocenters. The fourth-order valence-electron chi connectivity index (χ4n) is 2.11. The van der Waals surface area contributed by atoms with Crippen LogP contribution in [0.4, 0.5) is 5.69 Å². The van der Waals surface area contributed by atoms with Crippen molar-refractivity contribution >= 4 is 17.6 Å². The standard InChI is InChI=1S/C19H21NO5/c1-13-7-9-14(10-8-13)20(4)11-5-6-15(21)12-16-17(22)24-19(2,3)25-18(16)23/h5-12,21H,1-4H3/b11-5+,15-6-. The number of ether oxygens (including phenoxy) is 2. The zero-order valence-electron chi connectivity index (χ0n) is 14.6. The Morgan fingerprint density at radius 3 is 2.24 bits per heavy atom. The first-order chi connectivity index (χ1) is 11.7. The van der Waals surface area contributed by atoms with Crippen LogP contribution in [0.5, 0.6) is 0 Å². The summed E-state index contributed by atoms with van der Waals surface area (Å²) in [4.78, 5) is 25.5. The van der Waals surface area contributed by atoms with Gasteiger partial charge in [-0.2, -0.15) is 0 Å². The Bertz CT molecular complexity index is 735. The zero-order valence-corrected chi connectivity index (χ0v) is 14.6. The highest BCUT2D eigenvalue weighted by Gasteiger charge is 2.38. The van der Waals surface area contributed by atoms with Crippen molar-refractivity contribution in [2.24, 2.45) is 0 Å². The van der Waals surface area contributed by atoms with E-state index in [4.69, 9.17) is 9.47 Å². The van der Waals surface area contributed by atoms with Crippen LogP contribution >= 0.6 is 0 Å². The lowest BCUT2D eigenvalue weighted by molar-refractivity contribution is -0.222. The highest BCUT2D eigenvalue weighted by Crippen LogP contribution is 2.23. The Labute approximate surface area is 146 Å². The van der Waals surface area contributed by atoms with Gasteiger partial charge in [0.05, 0.1) is 0 Å². The van der Waals surface area contributed by atoms with E-state index in [0.717, 1.165) is 11.8 Å². The van der Waals surface area contributed by atoms with Gasteiger partial charge in [0.15, 0.2) is 0 Å². The van der Waals surface area contributed by atoms with Crippen LogP contribution in [-0.2, 0) is 19.1 Å². The van der Waals surface area contributed by atoms with Crippen LogP contribution in [0.3, 0.4) is 0 Å². The molecule has 1 aromatic rings. The van der Waals surface area contributed by atoms with E-state index in [-0.39, 0.29) is 11.3 Å². The molecular formula is C19H21NO5. The number of benzene rings is 1. The summed E-state index contributed by atoms with van der Waals surface area (Å²) in [6, 6.07) is 7.94. The Morgan fingerprint density at radius 2 is 1.68 bits per heavy atom. The van der Waals surface area contributed by atoms with Crippen LogP contribution in [0.25, 0.3) is 0 Å². The minimum atomic E-state index is -1.30. The van der Waals surface area contributed by atoms with Gasteiger partial charge in [-0.1, -0.05) is 17.7 Å². The Morgan fingerprint density at radius 1 is 1.12 bits per heavy atom. The molecule has 132 valence electrons. The number of cyclic esters (lactones) is 2. The largest absolute Gasteiger partial charge is 0.508 e. The molecule has 1 aliphatic rings. The Balaban J connectivity index is 2.07. The average Bonchev–Trinajstić information content (AvgIpc) is 2.50. The van der Waals surface area contributed by atoms with Crippen LogP contribution in [-0.4, -0.2) is 29.9 Å². The van der Waals surface area contributed by atoms with Crippen molar-refractivity contribution in [1.82, 2.24) is 0 Å². The second-order valence-electron chi connectivity index (χ2n) is 6.12. The number of carbonyl (C=O) groups is 2. The van der Waals surface area contributed by atoms with E-state index in [2.05, 4.69) is 0 Å². The van der Waals surface area contributed by atoms with Gasteiger partial charge < -0.3 is 19.5 Å². The van der Waals surface area contributed by atoms with E-state index < -0.39 is 17.7 Å². The molecule has 6 heteroatoms. The maximum absolute atomic E-state index is 11.8. The van der Waals surface area contributed by atoms with E-state index in [1.165, 1.54) is 25.5 Å². The number of rotatable bonds is 4. The summed E-state index contributed by atoms with van der Waals surface area (Å²) in [6.07, 6.45) is 5.71. The molecule has 25 heavy (non-hydrogen) atoms. The molecule has 0 amide bonds. The van der Waals surface area contributed by atoms with E-state index in [0.29, 0.717) is 0 Å². The lowest BCUT2D eigenvalue weighted by Gasteiger charge is -2.29. The first kappa shape index (κ1) is 18.3.